The summed E-state index contributed by atoms with van der Waals surface area (Å²) in [6, 6.07) is 0.263. The zero-order chi connectivity index (χ0) is 11.1. The van der Waals surface area contributed by atoms with Crippen LogP contribution in [0.25, 0.3) is 0 Å². The highest BCUT2D eigenvalue weighted by molar-refractivity contribution is 4.84. The van der Waals surface area contributed by atoms with Crippen molar-refractivity contribution in [3.63, 3.8) is 0 Å². The number of likely N-dealkylation sites (N-methyl/N-ethyl adjacent to an activating group) is 1. The van der Waals surface area contributed by atoms with E-state index < -0.39 is 0 Å². The van der Waals surface area contributed by atoms with Crippen molar-refractivity contribution in [1.29, 1.82) is 0 Å². The first kappa shape index (κ1) is 12.1. The Hall–Kier alpha value is -1.01. The van der Waals surface area contributed by atoms with Crippen LogP contribution in [-0.2, 0) is 18.2 Å². The summed E-state index contributed by atoms with van der Waals surface area (Å²) >= 11 is 0. The van der Waals surface area contributed by atoms with Gasteiger partial charge in [-0.05, 0) is 18.7 Å². The Bertz CT molecular complexity index is 275. The number of tetrazole rings is 1. The second-order valence-electron chi connectivity index (χ2n) is 3.31. The maximum Gasteiger partial charge on any atom is 0.176 e. The predicted octanol–water partition coefficient (Wildman–Crippen LogP) is -0.233. The van der Waals surface area contributed by atoms with Crippen LogP contribution in [0.4, 0.5) is 0 Å². The van der Waals surface area contributed by atoms with Crippen LogP contribution in [0.3, 0.4) is 0 Å². The highest BCUT2D eigenvalue weighted by Gasteiger charge is 2.11. The molecule has 86 valence electrons. The molecule has 0 radical (unpaired) electrons. The molecule has 0 aromatic carbocycles. The Balaban J connectivity index is 2.42. The Morgan fingerprint density at radius 3 is 2.80 bits per heavy atom. The minimum atomic E-state index is 0.263. The first-order valence-electron chi connectivity index (χ1n) is 5.30. The zero-order valence-electron chi connectivity index (χ0n) is 9.60. The highest BCUT2D eigenvalue weighted by atomic mass is 16.5. The second kappa shape index (κ2) is 6.47. The van der Waals surface area contributed by atoms with Crippen LogP contribution in [0.1, 0.15) is 19.7 Å². The molecular formula is C9H19N5O. The minimum Gasteiger partial charge on any atom is -0.380 e. The maximum absolute atomic E-state index is 5.38. The number of hydrogen-bond donors (Lipinski definition) is 1. The number of hydrogen-bond acceptors (Lipinski definition) is 5. The summed E-state index contributed by atoms with van der Waals surface area (Å²) in [7, 11) is 1.77. The van der Waals surface area contributed by atoms with Gasteiger partial charge in [-0.1, -0.05) is 6.92 Å². The van der Waals surface area contributed by atoms with E-state index in [1.807, 2.05) is 6.92 Å². The molecule has 1 heterocycles. The molecule has 1 N–H and O–H groups in total. The van der Waals surface area contributed by atoms with Gasteiger partial charge < -0.3 is 10.1 Å². The van der Waals surface area contributed by atoms with Crippen LogP contribution >= 0.6 is 0 Å². The van der Waals surface area contributed by atoms with E-state index in [1.165, 1.54) is 4.80 Å². The molecular weight excluding hydrogens is 194 g/mol. The summed E-state index contributed by atoms with van der Waals surface area (Å²) in [5.41, 5.74) is 0. The summed E-state index contributed by atoms with van der Waals surface area (Å²) in [5.74, 6) is 0.753. The van der Waals surface area contributed by atoms with Gasteiger partial charge in [0.1, 0.15) is 0 Å². The van der Waals surface area contributed by atoms with Crippen molar-refractivity contribution >= 4 is 0 Å². The normalized spacial score (nSPS) is 13.0. The first-order valence-corrected chi connectivity index (χ1v) is 5.30. The van der Waals surface area contributed by atoms with Gasteiger partial charge in [-0.2, -0.15) is 4.80 Å². The summed E-state index contributed by atoms with van der Waals surface area (Å²) in [6.07, 6.45) is 0.752. The molecule has 0 aliphatic carbocycles. The van der Waals surface area contributed by atoms with Gasteiger partial charge in [0, 0.05) is 19.1 Å². The standard InChI is InChI=1S/C9H19N5O/c1-4-10-8(7-15-5-2)6-9-11-13-14(3)12-9/h8,10H,4-7H2,1-3H3. The van der Waals surface area contributed by atoms with E-state index in [-0.39, 0.29) is 6.04 Å². The van der Waals surface area contributed by atoms with Crippen LogP contribution in [-0.4, -0.2) is 46.0 Å². The van der Waals surface area contributed by atoms with Gasteiger partial charge in [0.2, 0.25) is 0 Å². The van der Waals surface area contributed by atoms with E-state index in [4.69, 9.17) is 4.74 Å². The second-order valence-corrected chi connectivity index (χ2v) is 3.31. The molecule has 0 saturated carbocycles. The molecule has 0 aliphatic rings. The number of rotatable bonds is 7. The predicted molar refractivity (Wildman–Crippen MR) is 56.5 cm³/mol. The number of aromatic nitrogens is 4. The summed E-state index contributed by atoms with van der Waals surface area (Å²) in [4.78, 5) is 1.47. The molecule has 0 bridgehead atoms. The van der Waals surface area contributed by atoms with Crippen molar-refractivity contribution in [3.05, 3.63) is 5.82 Å². The summed E-state index contributed by atoms with van der Waals surface area (Å²) in [6.45, 7) is 6.39. The SMILES string of the molecule is CCNC(COCC)Cc1nnn(C)n1. The third-order valence-electron chi connectivity index (χ3n) is 1.99. The molecule has 0 fully saturated rings. The first-order chi connectivity index (χ1) is 7.26. The number of nitrogens with one attached hydrogen (secondary N) is 1. The number of aryl methyl sites for hydroxylation is 1. The molecule has 1 aromatic rings. The lowest BCUT2D eigenvalue weighted by molar-refractivity contribution is 0.122. The molecule has 1 rings (SSSR count). The Labute approximate surface area is 90.0 Å². The highest BCUT2D eigenvalue weighted by Crippen LogP contribution is 1.96. The number of nitrogens with zero attached hydrogens (tertiary/aromatic N) is 4. The Morgan fingerprint density at radius 2 is 2.27 bits per heavy atom. The topological polar surface area (TPSA) is 64.9 Å². The molecule has 1 aromatic heterocycles. The molecule has 0 spiro atoms. The lowest BCUT2D eigenvalue weighted by Gasteiger charge is -2.15. The van der Waals surface area contributed by atoms with E-state index in [2.05, 4.69) is 27.7 Å². The van der Waals surface area contributed by atoms with Crippen LogP contribution < -0.4 is 5.32 Å². The molecule has 1 atom stereocenters. The van der Waals surface area contributed by atoms with E-state index in [1.54, 1.807) is 7.05 Å². The van der Waals surface area contributed by atoms with Gasteiger partial charge in [-0.3, -0.25) is 0 Å². The lowest BCUT2D eigenvalue weighted by Crippen LogP contribution is -2.35. The Morgan fingerprint density at radius 1 is 1.47 bits per heavy atom. The van der Waals surface area contributed by atoms with E-state index in [9.17, 15) is 0 Å². The van der Waals surface area contributed by atoms with Gasteiger partial charge in [0.25, 0.3) is 0 Å². The minimum absolute atomic E-state index is 0.263. The molecule has 0 amide bonds. The van der Waals surface area contributed by atoms with Gasteiger partial charge >= 0.3 is 0 Å². The van der Waals surface area contributed by atoms with E-state index >= 15 is 0 Å². The van der Waals surface area contributed by atoms with E-state index in [0.717, 1.165) is 25.4 Å². The van der Waals surface area contributed by atoms with Crippen LogP contribution in [0, 0.1) is 0 Å². The zero-order valence-corrected chi connectivity index (χ0v) is 9.60. The van der Waals surface area contributed by atoms with Gasteiger partial charge in [0.15, 0.2) is 5.82 Å². The van der Waals surface area contributed by atoms with E-state index in [0.29, 0.717) is 6.61 Å². The van der Waals surface area contributed by atoms with Crippen LogP contribution in [0.5, 0.6) is 0 Å². The molecule has 0 aliphatic heterocycles. The average Bonchev–Trinajstić information content (AvgIpc) is 2.61. The quantitative estimate of drug-likeness (QED) is 0.677. The fourth-order valence-electron chi connectivity index (χ4n) is 1.36. The molecule has 6 heteroatoms. The Kier molecular flexibility index (Phi) is 5.20. The van der Waals surface area contributed by atoms with Gasteiger partial charge in [-0.25, -0.2) is 0 Å². The van der Waals surface area contributed by atoms with Gasteiger partial charge in [-0.15, -0.1) is 10.2 Å². The van der Waals surface area contributed by atoms with Crippen molar-refractivity contribution in [2.45, 2.75) is 26.3 Å². The maximum atomic E-state index is 5.38. The van der Waals surface area contributed by atoms with Crippen molar-refractivity contribution < 1.29 is 4.74 Å². The van der Waals surface area contributed by atoms with Crippen LogP contribution in [0.15, 0.2) is 0 Å². The number of ether oxygens (including phenoxy) is 1. The average molecular weight is 213 g/mol. The third kappa shape index (κ3) is 4.35. The van der Waals surface area contributed by atoms with Crippen molar-refractivity contribution in [1.82, 2.24) is 25.5 Å². The fourth-order valence-corrected chi connectivity index (χ4v) is 1.36. The molecule has 0 saturated heterocycles. The summed E-state index contributed by atoms with van der Waals surface area (Å²) in [5, 5.41) is 15.2. The largest absolute Gasteiger partial charge is 0.380 e. The molecule has 1 unspecified atom stereocenters. The summed E-state index contributed by atoms with van der Waals surface area (Å²) < 4.78 is 5.38. The van der Waals surface area contributed by atoms with Crippen molar-refractivity contribution in [2.75, 3.05) is 19.8 Å². The third-order valence-corrected chi connectivity index (χ3v) is 1.99. The van der Waals surface area contributed by atoms with Crippen LogP contribution in [0.2, 0.25) is 0 Å². The smallest absolute Gasteiger partial charge is 0.176 e. The van der Waals surface area contributed by atoms with Crippen molar-refractivity contribution in [3.8, 4) is 0 Å². The lowest BCUT2D eigenvalue weighted by atomic mass is 10.2. The molecule has 15 heavy (non-hydrogen) atoms. The van der Waals surface area contributed by atoms with Crippen molar-refractivity contribution in [2.24, 2.45) is 7.05 Å². The molecule has 6 nitrogen and oxygen atoms in total. The monoisotopic (exact) mass is 213 g/mol. The fraction of sp³-hybridized carbons (Fsp3) is 0.889. The van der Waals surface area contributed by atoms with Gasteiger partial charge in [0.05, 0.1) is 13.7 Å².